The van der Waals surface area contributed by atoms with Crippen molar-refractivity contribution >= 4 is 49.6 Å². The van der Waals surface area contributed by atoms with Crippen molar-refractivity contribution in [1.29, 1.82) is 0 Å². The van der Waals surface area contributed by atoms with Crippen molar-refractivity contribution in [3.63, 3.8) is 0 Å². The van der Waals surface area contributed by atoms with E-state index in [4.69, 9.17) is 5.73 Å². The molecule has 14 heavy (non-hydrogen) atoms. The third-order valence-corrected chi connectivity index (χ3v) is 1.89. The molecule has 0 spiro atoms. The van der Waals surface area contributed by atoms with Crippen molar-refractivity contribution in [3.05, 3.63) is 0 Å². The van der Waals surface area contributed by atoms with Crippen LogP contribution in [0.3, 0.4) is 0 Å². The minimum atomic E-state index is 0. The van der Waals surface area contributed by atoms with E-state index in [9.17, 15) is 0 Å². The predicted molar refractivity (Wildman–Crippen MR) is 72.0 cm³/mol. The molecule has 7 heteroatoms. The average molecular weight is 292 g/mol. The summed E-state index contributed by atoms with van der Waals surface area (Å²) in [5, 5.41) is 0. The van der Waals surface area contributed by atoms with Crippen molar-refractivity contribution in [3.8, 4) is 0 Å². The zero-order valence-corrected chi connectivity index (χ0v) is 11.4. The fourth-order valence-corrected chi connectivity index (χ4v) is 1.37. The van der Waals surface area contributed by atoms with E-state index in [-0.39, 0.29) is 55.1 Å². The number of likely N-dealkylation sites (tertiary alicyclic amines) is 1. The summed E-state index contributed by atoms with van der Waals surface area (Å²) >= 11 is 0. The summed E-state index contributed by atoms with van der Waals surface area (Å²) in [6.45, 7) is 4.47. The molecule has 94 valence electrons. The third kappa shape index (κ3) is 13.0. The van der Waals surface area contributed by atoms with Gasteiger partial charge in [0.25, 0.3) is 0 Å². The molecule has 0 aromatic heterocycles. The minimum absolute atomic E-state index is 0. The van der Waals surface area contributed by atoms with Crippen LogP contribution in [0.15, 0.2) is 0 Å². The van der Waals surface area contributed by atoms with E-state index in [0.717, 1.165) is 13.1 Å². The van der Waals surface area contributed by atoms with E-state index < -0.39 is 0 Å². The molecule has 1 saturated heterocycles. The Morgan fingerprint density at radius 1 is 0.857 bits per heavy atom. The van der Waals surface area contributed by atoms with Crippen molar-refractivity contribution in [2.75, 3.05) is 26.2 Å². The molecular formula is C7H22Cl4N2O. The van der Waals surface area contributed by atoms with Crippen LogP contribution in [-0.2, 0) is 0 Å². The average Bonchev–Trinajstić information content (AvgIpc) is 1.91. The number of rotatable bonds is 2. The van der Waals surface area contributed by atoms with Gasteiger partial charge in [-0.25, -0.2) is 0 Å². The van der Waals surface area contributed by atoms with Crippen molar-refractivity contribution in [1.82, 2.24) is 4.90 Å². The number of halogens is 4. The van der Waals surface area contributed by atoms with E-state index in [2.05, 4.69) is 4.90 Å². The molecule has 1 aliphatic rings. The lowest BCUT2D eigenvalue weighted by Crippen LogP contribution is -2.33. The fourth-order valence-electron chi connectivity index (χ4n) is 1.37. The second-order valence-electron chi connectivity index (χ2n) is 2.69. The minimum Gasteiger partial charge on any atom is -0.412 e. The first-order chi connectivity index (χ1) is 4.43. The fraction of sp³-hybridized carbons (Fsp3) is 1.00. The number of nitrogens with two attached hydrogens (primary N) is 1. The Bertz CT molecular complexity index is 81.3. The molecule has 1 rings (SSSR count). The predicted octanol–water partition coefficient (Wildman–Crippen LogP) is 1.29. The van der Waals surface area contributed by atoms with Gasteiger partial charge in [0.15, 0.2) is 0 Å². The number of piperidine rings is 1. The molecule has 3 nitrogen and oxygen atoms in total. The quantitative estimate of drug-likeness (QED) is 0.833. The SMILES string of the molecule is Cl.Cl.Cl.Cl.NCCN1CCCCC1.O. The molecule has 0 amide bonds. The monoisotopic (exact) mass is 290 g/mol. The highest BCUT2D eigenvalue weighted by Gasteiger charge is 2.07. The molecule has 0 bridgehead atoms. The van der Waals surface area contributed by atoms with E-state index >= 15 is 0 Å². The summed E-state index contributed by atoms with van der Waals surface area (Å²) in [6.07, 6.45) is 4.17. The largest absolute Gasteiger partial charge is 0.412 e. The van der Waals surface area contributed by atoms with Gasteiger partial charge in [0.05, 0.1) is 0 Å². The third-order valence-electron chi connectivity index (χ3n) is 1.89. The Kier molecular flexibility index (Phi) is 41.2. The van der Waals surface area contributed by atoms with Gasteiger partial charge in [-0.3, -0.25) is 0 Å². The van der Waals surface area contributed by atoms with Gasteiger partial charge in [-0.15, -0.1) is 49.6 Å². The van der Waals surface area contributed by atoms with Crippen LogP contribution in [0.4, 0.5) is 0 Å². The molecule has 0 aromatic carbocycles. The number of hydrogen-bond acceptors (Lipinski definition) is 2. The summed E-state index contributed by atoms with van der Waals surface area (Å²) in [4.78, 5) is 2.45. The highest BCUT2D eigenvalue weighted by molar-refractivity contribution is 5.86. The zero-order valence-electron chi connectivity index (χ0n) is 8.11. The molecule has 0 atom stereocenters. The molecule has 0 radical (unpaired) electrons. The van der Waals surface area contributed by atoms with E-state index in [0.29, 0.717) is 0 Å². The molecule has 0 unspecified atom stereocenters. The van der Waals surface area contributed by atoms with Crippen LogP contribution in [-0.4, -0.2) is 36.6 Å². The Hall–Kier alpha value is 1.04. The maximum absolute atomic E-state index is 5.42. The Morgan fingerprint density at radius 3 is 1.64 bits per heavy atom. The smallest absolute Gasteiger partial charge is 0.0105 e. The first-order valence-electron chi connectivity index (χ1n) is 3.86. The Labute approximate surface area is 111 Å². The van der Waals surface area contributed by atoms with Crippen LogP contribution in [0.1, 0.15) is 19.3 Å². The van der Waals surface area contributed by atoms with Gasteiger partial charge < -0.3 is 16.1 Å². The van der Waals surface area contributed by atoms with Crippen LogP contribution < -0.4 is 5.73 Å². The molecule has 1 heterocycles. The Morgan fingerprint density at radius 2 is 1.29 bits per heavy atom. The van der Waals surface area contributed by atoms with Gasteiger partial charge in [0, 0.05) is 13.1 Å². The topological polar surface area (TPSA) is 60.8 Å². The highest BCUT2D eigenvalue weighted by Crippen LogP contribution is 2.06. The van der Waals surface area contributed by atoms with E-state index in [1.54, 1.807) is 0 Å². The van der Waals surface area contributed by atoms with E-state index in [1.807, 2.05) is 0 Å². The first kappa shape index (κ1) is 29.4. The van der Waals surface area contributed by atoms with Crippen LogP contribution >= 0.6 is 49.6 Å². The molecule has 0 saturated carbocycles. The first-order valence-corrected chi connectivity index (χ1v) is 3.86. The second-order valence-corrected chi connectivity index (χ2v) is 2.69. The summed E-state index contributed by atoms with van der Waals surface area (Å²) < 4.78 is 0. The van der Waals surface area contributed by atoms with Gasteiger partial charge in [0.2, 0.25) is 0 Å². The van der Waals surface area contributed by atoms with Crippen molar-refractivity contribution in [2.45, 2.75) is 19.3 Å². The summed E-state index contributed by atoms with van der Waals surface area (Å²) in [5.41, 5.74) is 5.42. The summed E-state index contributed by atoms with van der Waals surface area (Å²) in [5.74, 6) is 0. The van der Waals surface area contributed by atoms with E-state index in [1.165, 1.54) is 32.4 Å². The molecule has 4 N–H and O–H groups in total. The maximum atomic E-state index is 5.42. The lowest BCUT2D eigenvalue weighted by molar-refractivity contribution is 0.235. The molecular weight excluding hydrogens is 270 g/mol. The standard InChI is InChI=1S/C7H16N2.4ClH.H2O/c8-4-7-9-5-2-1-3-6-9;;;;;/h1-8H2;4*1H;1H2. The lowest BCUT2D eigenvalue weighted by Gasteiger charge is -2.25. The number of nitrogens with zero attached hydrogens (tertiary/aromatic N) is 1. The van der Waals surface area contributed by atoms with Crippen LogP contribution in [0.25, 0.3) is 0 Å². The van der Waals surface area contributed by atoms with Gasteiger partial charge in [-0.05, 0) is 25.9 Å². The van der Waals surface area contributed by atoms with Gasteiger partial charge in [-0.2, -0.15) is 0 Å². The molecule has 0 aliphatic carbocycles. The van der Waals surface area contributed by atoms with Gasteiger partial charge in [-0.1, -0.05) is 6.42 Å². The van der Waals surface area contributed by atoms with Gasteiger partial charge >= 0.3 is 0 Å². The second kappa shape index (κ2) is 19.6. The zero-order chi connectivity index (χ0) is 6.53. The van der Waals surface area contributed by atoms with Crippen LogP contribution in [0.5, 0.6) is 0 Å². The van der Waals surface area contributed by atoms with Gasteiger partial charge in [0.1, 0.15) is 0 Å². The van der Waals surface area contributed by atoms with Crippen LogP contribution in [0, 0.1) is 0 Å². The van der Waals surface area contributed by atoms with Crippen LogP contribution in [0.2, 0.25) is 0 Å². The summed E-state index contributed by atoms with van der Waals surface area (Å²) in [6, 6.07) is 0. The Balaban J connectivity index is -0.0000000540. The normalized spacial score (nSPS) is 14.4. The summed E-state index contributed by atoms with van der Waals surface area (Å²) in [7, 11) is 0. The lowest BCUT2D eigenvalue weighted by atomic mass is 10.1. The molecule has 1 aliphatic heterocycles. The molecule has 0 aromatic rings. The maximum Gasteiger partial charge on any atom is 0.0105 e. The highest BCUT2D eigenvalue weighted by atomic mass is 35.5. The number of hydrogen-bond donors (Lipinski definition) is 1. The van der Waals surface area contributed by atoms with Crippen molar-refractivity contribution < 1.29 is 5.48 Å². The molecule has 1 fully saturated rings. The van der Waals surface area contributed by atoms with Crippen molar-refractivity contribution in [2.24, 2.45) is 5.73 Å².